The van der Waals surface area contributed by atoms with E-state index in [1.165, 1.54) is 24.8 Å². The maximum Gasteiger partial charge on any atom is 0.238 e. The molecule has 0 bridgehead atoms. The molecule has 2 rings (SSSR count). The van der Waals surface area contributed by atoms with Gasteiger partial charge in [-0.05, 0) is 61.9 Å². The van der Waals surface area contributed by atoms with E-state index in [0.717, 1.165) is 29.9 Å². The second-order valence-corrected chi connectivity index (χ2v) is 7.62. The smallest absolute Gasteiger partial charge is 0.238 e. The van der Waals surface area contributed by atoms with Gasteiger partial charge in [-0.15, -0.1) is 0 Å². The molecule has 1 N–H and O–H groups in total. The van der Waals surface area contributed by atoms with Gasteiger partial charge < -0.3 is 5.32 Å². The van der Waals surface area contributed by atoms with Crippen LogP contribution in [0.3, 0.4) is 0 Å². The summed E-state index contributed by atoms with van der Waals surface area (Å²) in [5.74, 6) is 0.108. The molecule has 1 aromatic carbocycles. The Morgan fingerprint density at radius 3 is 2.14 bits per heavy atom. The third-order valence-corrected chi connectivity index (χ3v) is 4.48. The third kappa shape index (κ3) is 4.33. The van der Waals surface area contributed by atoms with Gasteiger partial charge in [0.15, 0.2) is 0 Å². The molecule has 1 aliphatic rings. The normalized spacial score (nSPS) is 16.6. The van der Waals surface area contributed by atoms with Gasteiger partial charge in [-0.1, -0.05) is 39.3 Å². The van der Waals surface area contributed by atoms with E-state index in [4.69, 9.17) is 0 Å². The van der Waals surface area contributed by atoms with E-state index in [-0.39, 0.29) is 11.3 Å². The second-order valence-electron chi connectivity index (χ2n) is 7.62. The Morgan fingerprint density at radius 2 is 1.64 bits per heavy atom. The number of carbonyl (C=O) groups is 1. The topological polar surface area (TPSA) is 32.3 Å². The number of aryl methyl sites for hydroxylation is 2. The predicted molar refractivity (Wildman–Crippen MR) is 93.5 cm³/mol. The van der Waals surface area contributed by atoms with Gasteiger partial charge in [0, 0.05) is 5.69 Å². The molecule has 122 valence electrons. The molecule has 1 amide bonds. The predicted octanol–water partition coefficient (Wildman–Crippen LogP) is 4.03. The summed E-state index contributed by atoms with van der Waals surface area (Å²) in [5.41, 5.74) is 4.73. The molecule has 0 atom stereocenters. The number of carbonyl (C=O) groups excluding carboxylic acids is 1. The number of piperidine rings is 1. The lowest BCUT2D eigenvalue weighted by molar-refractivity contribution is -0.117. The van der Waals surface area contributed by atoms with Crippen molar-refractivity contribution in [2.24, 2.45) is 0 Å². The first kappa shape index (κ1) is 17.0. The molecular weight excluding hydrogens is 272 g/mol. The van der Waals surface area contributed by atoms with E-state index in [2.05, 4.69) is 57.0 Å². The molecule has 3 nitrogen and oxygen atoms in total. The van der Waals surface area contributed by atoms with E-state index in [0.29, 0.717) is 6.54 Å². The lowest BCUT2D eigenvalue weighted by atomic mass is 9.85. The van der Waals surface area contributed by atoms with Crippen molar-refractivity contribution in [3.05, 3.63) is 28.8 Å². The summed E-state index contributed by atoms with van der Waals surface area (Å²) in [6, 6.07) is 4.40. The van der Waals surface area contributed by atoms with Crippen LogP contribution in [0.1, 0.15) is 56.7 Å². The highest BCUT2D eigenvalue weighted by molar-refractivity contribution is 5.93. The van der Waals surface area contributed by atoms with Crippen LogP contribution >= 0.6 is 0 Å². The molecule has 1 fully saturated rings. The number of hydrogen-bond donors (Lipinski definition) is 1. The van der Waals surface area contributed by atoms with Crippen LogP contribution in [0.5, 0.6) is 0 Å². The van der Waals surface area contributed by atoms with Crippen LogP contribution in [0.15, 0.2) is 12.1 Å². The standard InChI is InChI=1S/C19H30N2O/c1-14-11-16(19(3,4)5)12-15(2)18(14)20-17(22)13-21-9-7-6-8-10-21/h11-12H,6-10,13H2,1-5H3,(H,20,22). The summed E-state index contributed by atoms with van der Waals surface area (Å²) in [6.45, 7) is 13.4. The highest BCUT2D eigenvalue weighted by Gasteiger charge is 2.18. The number of benzene rings is 1. The number of nitrogens with zero attached hydrogens (tertiary/aromatic N) is 1. The molecule has 1 aromatic rings. The minimum atomic E-state index is 0.108. The molecule has 0 radical (unpaired) electrons. The first-order valence-corrected chi connectivity index (χ1v) is 8.41. The Hall–Kier alpha value is -1.35. The van der Waals surface area contributed by atoms with Crippen LogP contribution in [0.25, 0.3) is 0 Å². The maximum absolute atomic E-state index is 12.3. The zero-order valence-electron chi connectivity index (χ0n) is 14.8. The van der Waals surface area contributed by atoms with Crippen LogP contribution in [0.2, 0.25) is 0 Å². The second kappa shape index (κ2) is 6.82. The van der Waals surface area contributed by atoms with Crippen molar-refractivity contribution in [1.29, 1.82) is 0 Å². The van der Waals surface area contributed by atoms with Crippen LogP contribution < -0.4 is 5.32 Å². The van der Waals surface area contributed by atoms with Crippen molar-refractivity contribution >= 4 is 11.6 Å². The summed E-state index contributed by atoms with van der Waals surface area (Å²) in [6.07, 6.45) is 3.72. The molecule has 0 aliphatic carbocycles. The van der Waals surface area contributed by atoms with E-state index in [1.54, 1.807) is 0 Å². The molecule has 3 heteroatoms. The largest absolute Gasteiger partial charge is 0.324 e. The van der Waals surface area contributed by atoms with Gasteiger partial charge in [-0.2, -0.15) is 0 Å². The Labute approximate surface area is 135 Å². The first-order chi connectivity index (χ1) is 10.3. The van der Waals surface area contributed by atoms with Crippen LogP contribution in [0.4, 0.5) is 5.69 Å². The molecular formula is C19H30N2O. The minimum absolute atomic E-state index is 0.108. The average Bonchev–Trinajstić information content (AvgIpc) is 2.42. The lowest BCUT2D eigenvalue weighted by Gasteiger charge is -2.26. The molecule has 0 spiro atoms. The van der Waals surface area contributed by atoms with Crippen molar-refractivity contribution < 1.29 is 4.79 Å². The SMILES string of the molecule is Cc1cc(C(C)(C)C)cc(C)c1NC(=O)CN1CCCCC1. The Kier molecular flexibility index (Phi) is 5.28. The van der Waals surface area contributed by atoms with E-state index in [1.807, 2.05) is 0 Å². The Morgan fingerprint density at radius 1 is 1.09 bits per heavy atom. The van der Waals surface area contributed by atoms with Crippen LogP contribution in [0, 0.1) is 13.8 Å². The van der Waals surface area contributed by atoms with Gasteiger partial charge in [0.1, 0.15) is 0 Å². The summed E-state index contributed by atoms with van der Waals surface area (Å²) >= 11 is 0. The van der Waals surface area contributed by atoms with Gasteiger partial charge >= 0.3 is 0 Å². The van der Waals surface area contributed by atoms with E-state index >= 15 is 0 Å². The average molecular weight is 302 g/mol. The van der Waals surface area contributed by atoms with Gasteiger partial charge in [0.25, 0.3) is 0 Å². The third-order valence-electron chi connectivity index (χ3n) is 4.48. The molecule has 22 heavy (non-hydrogen) atoms. The highest BCUT2D eigenvalue weighted by atomic mass is 16.2. The van der Waals surface area contributed by atoms with Crippen molar-refractivity contribution in [3.8, 4) is 0 Å². The fraction of sp³-hybridized carbons (Fsp3) is 0.632. The molecule has 0 aromatic heterocycles. The Balaban J connectivity index is 2.07. The van der Waals surface area contributed by atoms with Gasteiger partial charge in [0.2, 0.25) is 5.91 Å². The Bertz CT molecular complexity index is 514. The van der Waals surface area contributed by atoms with Crippen molar-refractivity contribution in [3.63, 3.8) is 0 Å². The number of nitrogens with one attached hydrogen (secondary N) is 1. The summed E-state index contributed by atoms with van der Waals surface area (Å²) in [4.78, 5) is 14.6. The molecule has 1 heterocycles. The number of amides is 1. The number of rotatable bonds is 3. The fourth-order valence-corrected chi connectivity index (χ4v) is 3.09. The summed E-state index contributed by atoms with van der Waals surface area (Å²) in [7, 11) is 0. The zero-order chi connectivity index (χ0) is 16.3. The molecule has 0 saturated carbocycles. The molecule has 1 saturated heterocycles. The highest BCUT2D eigenvalue weighted by Crippen LogP contribution is 2.29. The zero-order valence-corrected chi connectivity index (χ0v) is 14.8. The summed E-state index contributed by atoms with van der Waals surface area (Å²) < 4.78 is 0. The molecule has 1 aliphatic heterocycles. The van der Waals surface area contributed by atoms with Gasteiger partial charge in [0.05, 0.1) is 6.54 Å². The first-order valence-electron chi connectivity index (χ1n) is 8.41. The maximum atomic E-state index is 12.3. The number of hydrogen-bond acceptors (Lipinski definition) is 2. The number of anilines is 1. The lowest BCUT2D eigenvalue weighted by Crippen LogP contribution is -2.37. The van der Waals surface area contributed by atoms with E-state index in [9.17, 15) is 4.79 Å². The van der Waals surface area contributed by atoms with Crippen LogP contribution in [-0.2, 0) is 10.2 Å². The van der Waals surface area contributed by atoms with Crippen molar-refractivity contribution in [2.75, 3.05) is 25.0 Å². The minimum Gasteiger partial charge on any atom is -0.324 e. The quantitative estimate of drug-likeness (QED) is 0.914. The van der Waals surface area contributed by atoms with E-state index < -0.39 is 0 Å². The summed E-state index contributed by atoms with van der Waals surface area (Å²) in [5, 5.41) is 3.12. The van der Waals surface area contributed by atoms with Crippen molar-refractivity contribution in [1.82, 2.24) is 4.90 Å². The monoisotopic (exact) mass is 302 g/mol. The number of likely N-dealkylation sites (tertiary alicyclic amines) is 1. The fourth-order valence-electron chi connectivity index (χ4n) is 3.09. The van der Waals surface area contributed by atoms with Crippen LogP contribution in [-0.4, -0.2) is 30.4 Å². The molecule has 0 unspecified atom stereocenters. The van der Waals surface area contributed by atoms with Gasteiger partial charge in [-0.3, -0.25) is 9.69 Å². The van der Waals surface area contributed by atoms with Crippen molar-refractivity contribution in [2.45, 2.75) is 59.3 Å². The van der Waals surface area contributed by atoms with Gasteiger partial charge in [-0.25, -0.2) is 0 Å².